The van der Waals surface area contributed by atoms with E-state index in [0.29, 0.717) is 11.4 Å². The van der Waals surface area contributed by atoms with Gasteiger partial charge >= 0.3 is 0 Å². The molecule has 0 aliphatic rings. The van der Waals surface area contributed by atoms with E-state index in [-0.39, 0.29) is 5.91 Å². The average Bonchev–Trinajstić information content (AvgIpc) is 2.75. The molecule has 29 heavy (non-hydrogen) atoms. The van der Waals surface area contributed by atoms with Crippen molar-refractivity contribution >= 4 is 28.9 Å². The maximum atomic E-state index is 12.9. The minimum Gasteiger partial charge on any atom is -0.372 e. The van der Waals surface area contributed by atoms with E-state index in [4.69, 9.17) is 11.6 Å². The molecule has 3 aromatic rings. The van der Waals surface area contributed by atoms with Crippen molar-refractivity contribution in [1.29, 1.82) is 0 Å². The summed E-state index contributed by atoms with van der Waals surface area (Å²) in [6.45, 7) is 8.12. The van der Waals surface area contributed by atoms with Gasteiger partial charge in [-0.2, -0.15) is 0 Å². The van der Waals surface area contributed by atoms with E-state index in [1.54, 1.807) is 12.3 Å². The lowest BCUT2D eigenvalue weighted by Crippen LogP contribution is -2.22. The van der Waals surface area contributed by atoms with Gasteiger partial charge < -0.3 is 10.2 Å². The fourth-order valence-electron chi connectivity index (χ4n) is 3.31. The van der Waals surface area contributed by atoms with Gasteiger partial charge in [0.1, 0.15) is 0 Å². The van der Waals surface area contributed by atoms with Crippen molar-refractivity contribution in [2.24, 2.45) is 0 Å². The minimum absolute atomic E-state index is 0.165. The fraction of sp³-hybridized carbons (Fsp3) is 0.250. The van der Waals surface area contributed by atoms with Crippen LogP contribution in [0.25, 0.3) is 11.3 Å². The number of hydrogen-bond acceptors (Lipinski definition) is 3. The lowest BCUT2D eigenvalue weighted by molar-refractivity contribution is 0.102. The van der Waals surface area contributed by atoms with Gasteiger partial charge in [0.25, 0.3) is 5.91 Å². The zero-order valence-electron chi connectivity index (χ0n) is 17.1. The number of carbonyl (C=O) groups excluding carboxylic acids is 1. The van der Waals surface area contributed by atoms with Gasteiger partial charge in [-0.3, -0.25) is 9.78 Å². The van der Waals surface area contributed by atoms with Crippen LogP contribution in [-0.2, 0) is 5.88 Å². The molecule has 0 aliphatic carbocycles. The minimum atomic E-state index is -0.165. The first kappa shape index (κ1) is 20.9. The number of aromatic nitrogens is 1. The number of halogens is 1. The van der Waals surface area contributed by atoms with Crippen LogP contribution in [0.1, 0.15) is 35.3 Å². The van der Waals surface area contributed by atoms with Crippen LogP contribution in [0.15, 0.2) is 60.8 Å². The van der Waals surface area contributed by atoms with Crippen molar-refractivity contribution in [2.45, 2.75) is 26.7 Å². The van der Waals surface area contributed by atoms with E-state index in [0.717, 1.165) is 46.8 Å². The highest BCUT2D eigenvalue weighted by molar-refractivity contribution is 6.17. The van der Waals surface area contributed by atoms with Gasteiger partial charge in [-0.15, -0.1) is 11.6 Å². The van der Waals surface area contributed by atoms with E-state index in [9.17, 15) is 4.79 Å². The normalized spacial score (nSPS) is 10.6. The van der Waals surface area contributed by atoms with E-state index in [1.807, 2.05) is 49.4 Å². The van der Waals surface area contributed by atoms with E-state index >= 15 is 0 Å². The first-order chi connectivity index (χ1) is 14.0. The Morgan fingerprint density at radius 1 is 1.07 bits per heavy atom. The summed E-state index contributed by atoms with van der Waals surface area (Å²) < 4.78 is 0. The summed E-state index contributed by atoms with van der Waals surface area (Å²) in [7, 11) is 0. The number of rotatable bonds is 7. The summed E-state index contributed by atoms with van der Waals surface area (Å²) in [5.41, 5.74) is 6.20. The van der Waals surface area contributed by atoms with E-state index in [1.165, 1.54) is 0 Å². The number of nitrogens with one attached hydrogen (secondary N) is 1. The number of aryl methyl sites for hydroxylation is 1. The molecule has 1 amide bonds. The molecule has 3 rings (SSSR count). The molecule has 0 fully saturated rings. The van der Waals surface area contributed by atoms with Crippen LogP contribution in [-0.4, -0.2) is 24.0 Å². The Morgan fingerprint density at radius 2 is 1.86 bits per heavy atom. The standard InChI is InChI=1S/C24H26ClN3O/c1-4-28(5-2)20-9-10-22(21(15-20)23-13-17(3)11-12-26-23)27-24(29)19-8-6-7-18(14-19)16-25/h6-15H,4-5,16H2,1-3H3,(H,27,29). The number of alkyl halides is 1. The number of benzene rings is 2. The van der Waals surface area contributed by atoms with Gasteiger partial charge in [-0.05, 0) is 74.4 Å². The van der Waals surface area contributed by atoms with E-state index < -0.39 is 0 Å². The van der Waals surface area contributed by atoms with Crippen molar-refractivity contribution in [1.82, 2.24) is 4.98 Å². The van der Waals surface area contributed by atoms with Crippen LogP contribution in [0, 0.1) is 6.92 Å². The Morgan fingerprint density at radius 3 is 2.55 bits per heavy atom. The number of nitrogens with zero attached hydrogens (tertiary/aromatic N) is 2. The Balaban J connectivity index is 2.01. The summed E-state index contributed by atoms with van der Waals surface area (Å²) in [5.74, 6) is 0.208. The Bertz CT molecular complexity index is 999. The van der Waals surface area contributed by atoms with Crippen LogP contribution in [0.2, 0.25) is 0 Å². The van der Waals surface area contributed by atoms with Crippen molar-refractivity contribution in [3.63, 3.8) is 0 Å². The van der Waals surface area contributed by atoms with Crippen LogP contribution in [0.5, 0.6) is 0 Å². The molecule has 0 radical (unpaired) electrons. The smallest absolute Gasteiger partial charge is 0.255 e. The molecular formula is C24H26ClN3O. The molecule has 0 unspecified atom stereocenters. The number of amides is 1. The average molecular weight is 408 g/mol. The van der Waals surface area contributed by atoms with Crippen molar-refractivity contribution in [2.75, 3.05) is 23.3 Å². The highest BCUT2D eigenvalue weighted by Gasteiger charge is 2.14. The van der Waals surface area contributed by atoms with Crippen LogP contribution in [0.3, 0.4) is 0 Å². The molecule has 0 atom stereocenters. The Labute approximate surface area is 177 Å². The first-order valence-corrected chi connectivity index (χ1v) is 10.4. The predicted molar refractivity (Wildman–Crippen MR) is 122 cm³/mol. The highest BCUT2D eigenvalue weighted by Crippen LogP contribution is 2.32. The molecule has 0 bridgehead atoms. The molecule has 4 nitrogen and oxygen atoms in total. The number of anilines is 2. The van der Waals surface area contributed by atoms with Crippen LogP contribution >= 0.6 is 11.6 Å². The van der Waals surface area contributed by atoms with Crippen molar-refractivity contribution in [3.8, 4) is 11.3 Å². The molecule has 1 heterocycles. The molecule has 2 aromatic carbocycles. The van der Waals surface area contributed by atoms with Gasteiger partial charge in [0.15, 0.2) is 0 Å². The zero-order chi connectivity index (χ0) is 20.8. The molecule has 0 saturated carbocycles. The summed E-state index contributed by atoms with van der Waals surface area (Å²) in [5, 5.41) is 3.06. The number of carbonyl (C=O) groups is 1. The second kappa shape index (κ2) is 9.57. The lowest BCUT2D eigenvalue weighted by atomic mass is 10.0. The maximum Gasteiger partial charge on any atom is 0.255 e. The molecule has 5 heteroatoms. The van der Waals surface area contributed by atoms with Crippen molar-refractivity contribution in [3.05, 3.63) is 77.5 Å². The van der Waals surface area contributed by atoms with Gasteiger partial charge in [-0.25, -0.2) is 0 Å². The summed E-state index contributed by atoms with van der Waals surface area (Å²) >= 11 is 5.91. The quantitative estimate of drug-likeness (QED) is 0.496. The van der Waals surface area contributed by atoms with Crippen LogP contribution in [0.4, 0.5) is 11.4 Å². The summed E-state index contributed by atoms with van der Waals surface area (Å²) in [4.78, 5) is 19.7. The summed E-state index contributed by atoms with van der Waals surface area (Å²) in [6.07, 6.45) is 1.80. The number of pyridine rings is 1. The van der Waals surface area contributed by atoms with E-state index in [2.05, 4.69) is 35.1 Å². The third-order valence-corrected chi connectivity index (χ3v) is 5.22. The Hall–Kier alpha value is -2.85. The molecule has 1 aromatic heterocycles. The van der Waals surface area contributed by atoms with Gasteiger partial charge in [0, 0.05) is 42.0 Å². The molecule has 150 valence electrons. The molecule has 0 aliphatic heterocycles. The second-order valence-electron chi connectivity index (χ2n) is 6.91. The van der Waals surface area contributed by atoms with Crippen LogP contribution < -0.4 is 10.2 Å². The third-order valence-electron chi connectivity index (χ3n) is 4.91. The first-order valence-electron chi connectivity index (χ1n) is 9.84. The molecule has 0 saturated heterocycles. The second-order valence-corrected chi connectivity index (χ2v) is 7.18. The molecule has 0 spiro atoms. The summed E-state index contributed by atoms with van der Waals surface area (Å²) in [6, 6.07) is 17.5. The Kier molecular flexibility index (Phi) is 6.89. The largest absolute Gasteiger partial charge is 0.372 e. The monoisotopic (exact) mass is 407 g/mol. The molecule has 1 N–H and O–H groups in total. The topological polar surface area (TPSA) is 45.2 Å². The predicted octanol–water partition coefficient (Wildman–Crippen LogP) is 5.89. The highest BCUT2D eigenvalue weighted by atomic mass is 35.5. The third kappa shape index (κ3) is 4.96. The molecular weight excluding hydrogens is 382 g/mol. The van der Waals surface area contributed by atoms with Crippen molar-refractivity contribution < 1.29 is 4.79 Å². The van der Waals surface area contributed by atoms with Gasteiger partial charge in [0.2, 0.25) is 0 Å². The maximum absolute atomic E-state index is 12.9. The fourth-order valence-corrected chi connectivity index (χ4v) is 3.48. The van der Waals surface area contributed by atoms with Gasteiger partial charge in [-0.1, -0.05) is 12.1 Å². The SMILES string of the molecule is CCN(CC)c1ccc(NC(=O)c2cccc(CCl)c2)c(-c2cc(C)ccn2)c1. The van der Waals surface area contributed by atoms with Gasteiger partial charge in [0.05, 0.1) is 11.4 Å². The number of hydrogen-bond donors (Lipinski definition) is 1. The lowest BCUT2D eigenvalue weighted by Gasteiger charge is -2.23. The zero-order valence-corrected chi connectivity index (χ0v) is 17.8.